The van der Waals surface area contributed by atoms with Gasteiger partial charge in [-0.2, -0.15) is 0 Å². The Bertz CT molecular complexity index is 474. The van der Waals surface area contributed by atoms with Crippen molar-refractivity contribution in [2.45, 2.75) is 30.7 Å². The van der Waals surface area contributed by atoms with Crippen LogP contribution in [0.2, 0.25) is 0 Å². The van der Waals surface area contributed by atoms with Gasteiger partial charge < -0.3 is 5.32 Å². The van der Waals surface area contributed by atoms with Gasteiger partial charge in [-0.25, -0.2) is 22.3 Å². The van der Waals surface area contributed by atoms with Crippen molar-refractivity contribution in [1.82, 2.24) is 5.32 Å². The molecule has 0 radical (unpaired) electrons. The minimum absolute atomic E-state index is 0.0418. The number of nitrogens with two attached hydrogens (primary N) is 1. The summed E-state index contributed by atoms with van der Waals surface area (Å²) < 4.78 is 46.4. The Morgan fingerprint density at radius 3 is 2.28 bits per heavy atom. The van der Waals surface area contributed by atoms with E-state index in [2.05, 4.69) is 5.32 Å². The zero-order valence-electron chi connectivity index (χ0n) is 9.94. The van der Waals surface area contributed by atoms with Crippen LogP contribution >= 0.6 is 0 Å². The average molecular weight is 278 g/mol. The zero-order valence-corrected chi connectivity index (χ0v) is 10.8. The average Bonchev–Trinajstić information content (AvgIpc) is 2.28. The maximum absolute atomic E-state index is 12.2. The maximum Gasteiger partial charge on any atom is 0.253 e. The van der Waals surface area contributed by atoms with E-state index in [-0.39, 0.29) is 4.90 Å². The van der Waals surface area contributed by atoms with Crippen molar-refractivity contribution < 1.29 is 17.2 Å². The van der Waals surface area contributed by atoms with Crippen molar-refractivity contribution in [1.29, 1.82) is 0 Å². The number of benzene rings is 1. The molecule has 1 unspecified atom stereocenters. The fourth-order valence-electron chi connectivity index (χ4n) is 1.38. The molecular formula is C11H16F2N2O2S. The molecule has 7 heteroatoms. The molecule has 0 fully saturated rings. The Morgan fingerprint density at radius 2 is 1.83 bits per heavy atom. The molecule has 4 nitrogen and oxygen atoms in total. The van der Waals surface area contributed by atoms with Crippen LogP contribution in [0, 0.1) is 0 Å². The fraction of sp³-hybridized carbons (Fsp3) is 0.455. The zero-order chi connectivity index (χ0) is 13.8. The second-order valence-electron chi connectivity index (χ2n) is 4.02. The lowest BCUT2D eigenvalue weighted by Crippen LogP contribution is -2.33. The molecule has 0 aliphatic carbocycles. The number of halogens is 2. The van der Waals surface area contributed by atoms with Crippen molar-refractivity contribution in [2.75, 3.05) is 6.54 Å². The fourth-order valence-corrected chi connectivity index (χ4v) is 1.89. The molecular weight excluding hydrogens is 262 g/mol. The smallest absolute Gasteiger partial charge is 0.253 e. The summed E-state index contributed by atoms with van der Waals surface area (Å²) in [5.41, 5.74) is 0.858. The van der Waals surface area contributed by atoms with Crippen LogP contribution in [-0.4, -0.2) is 27.4 Å². The third-order valence-corrected chi connectivity index (χ3v) is 3.44. The highest BCUT2D eigenvalue weighted by molar-refractivity contribution is 7.89. The first-order valence-corrected chi connectivity index (χ1v) is 6.98. The monoisotopic (exact) mass is 278 g/mol. The first-order valence-electron chi connectivity index (χ1n) is 5.44. The number of nitrogens with one attached hydrogen (secondary N) is 1. The van der Waals surface area contributed by atoms with Gasteiger partial charge in [0.25, 0.3) is 6.43 Å². The number of alkyl halides is 2. The van der Waals surface area contributed by atoms with Crippen molar-refractivity contribution in [3.05, 3.63) is 29.8 Å². The summed E-state index contributed by atoms with van der Waals surface area (Å²) in [6.45, 7) is 1.81. The van der Waals surface area contributed by atoms with Gasteiger partial charge in [0.05, 0.1) is 10.9 Å². The molecule has 102 valence electrons. The molecule has 3 N–H and O–H groups in total. The standard InChI is InChI=1S/C11H16F2N2O2S/c1-8(11(12)13)15-7-6-9-2-4-10(5-3-9)18(14,16)17/h2-5,8,11,15H,6-7H2,1H3,(H2,14,16,17). The van der Waals surface area contributed by atoms with Crippen LogP contribution in [0.5, 0.6) is 0 Å². The van der Waals surface area contributed by atoms with E-state index in [1.807, 2.05) is 0 Å². The largest absolute Gasteiger partial charge is 0.309 e. The van der Waals surface area contributed by atoms with Gasteiger partial charge in [-0.1, -0.05) is 12.1 Å². The van der Waals surface area contributed by atoms with Gasteiger partial charge in [0, 0.05) is 0 Å². The van der Waals surface area contributed by atoms with E-state index in [1.165, 1.54) is 19.1 Å². The highest BCUT2D eigenvalue weighted by Gasteiger charge is 2.12. The van der Waals surface area contributed by atoms with E-state index in [4.69, 9.17) is 5.14 Å². The lowest BCUT2D eigenvalue weighted by atomic mass is 10.1. The lowest BCUT2D eigenvalue weighted by molar-refractivity contribution is 0.106. The Hall–Kier alpha value is -1.05. The highest BCUT2D eigenvalue weighted by Crippen LogP contribution is 2.09. The number of hydrogen-bond acceptors (Lipinski definition) is 3. The van der Waals surface area contributed by atoms with Crippen LogP contribution in [-0.2, 0) is 16.4 Å². The van der Waals surface area contributed by atoms with Crippen LogP contribution in [0.1, 0.15) is 12.5 Å². The van der Waals surface area contributed by atoms with Gasteiger partial charge in [-0.15, -0.1) is 0 Å². The van der Waals surface area contributed by atoms with Gasteiger partial charge >= 0.3 is 0 Å². The Labute approximate surface area is 105 Å². The summed E-state index contributed by atoms with van der Waals surface area (Å²) in [6.07, 6.45) is -1.85. The van der Waals surface area contributed by atoms with Crippen molar-refractivity contribution in [2.24, 2.45) is 5.14 Å². The summed E-state index contributed by atoms with van der Waals surface area (Å²) in [5.74, 6) is 0. The van der Waals surface area contributed by atoms with Gasteiger partial charge in [0.15, 0.2) is 0 Å². The predicted octanol–water partition coefficient (Wildman–Crippen LogP) is 1.12. The van der Waals surface area contributed by atoms with Crippen LogP contribution < -0.4 is 10.5 Å². The molecule has 0 bridgehead atoms. The van der Waals surface area contributed by atoms with Crippen molar-refractivity contribution in [3.63, 3.8) is 0 Å². The highest BCUT2D eigenvalue weighted by atomic mass is 32.2. The predicted molar refractivity (Wildman–Crippen MR) is 65.0 cm³/mol. The minimum atomic E-state index is -3.68. The minimum Gasteiger partial charge on any atom is -0.309 e. The van der Waals surface area contributed by atoms with Gasteiger partial charge in [-0.3, -0.25) is 0 Å². The molecule has 0 spiro atoms. The summed E-state index contributed by atoms with van der Waals surface area (Å²) in [7, 11) is -3.68. The first kappa shape index (κ1) is 15.0. The molecule has 0 saturated heterocycles. The molecule has 1 aromatic carbocycles. The van der Waals surface area contributed by atoms with E-state index >= 15 is 0 Å². The molecule has 0 heterocycles. The van der Waals surface area contributed by atoms with E-state index in [1.54, 1.807) is 12.1 Å². The second kappa shape index (κ2) is 6.21. The van der Waals surface area contributed by atoms with Gasteiger partial charge in [0.1, 0.15) is 0 Å². The third kappa shape index (κ3) is 4.67. The van der Waals surface area contributed by atoms with Gasteiger partial charge in [-0.05, 0) is 37.6 Å². The number of hydrogen-bond donors (Lipinski definition) is 2. The Morgan fingerprint density at radius 1 is 1.28 bits per heavy atom. The lowest BCUT2D eigenvalue weighted by Gasteiger charge is -2.12. The maximum atomic E-state index is 12.2. The number of primary sulfonamides is 1. The summed E-state index contributed by atoms with van der Waals surface area (Å²) in [5, 5.41) is 7.64. The Balaban J connectivity index is 2.50. The second-order valence-corrected chi connectivity index (χ2v) is 5.58. The van der Waals surface area contributed by atoms with Crippen LogP contribution in [0.4, 0.5) is 8.78 Å². The Kier molecular flexibility index (Phi) is 5.18. The van der Waals surface area contributed by atoms with E-state index in [0.717, 1.165) is 5.56 Å². The summed E-state index contributed by atoms with van der Waals surface area (Å²) >= 11 is 0. The molecule has 1 aromatic rings. The van der Waals surface area contributed by atoms with E-state index in [9.17, 15) is 17.2 Å². The van der Waals surface area contributed by atoms with Crippen molar-refractivity contribution in [3.8, 4) is 0 Å². The molecule has 0 saturated carbocycles. The summed E-state index contributed by atoms with van der Waals surface area (Å²) in [6, 6.07) is 5.19. The molecule has 1 atom stereocenters. The molecule has 1 rings (SSSR count). The quantitative estimate of drug-likeness (QED) is 0.819. The van der Waals surface area contributed by atoms with Crippen LogP contribution in [0.3, 0.4) is 0 Å². The third-order valence-electron chi connectivity index (χ3n) is 2.51. The molecule has 0 aliphatic heterocycles. The SMILES string of the molecule is CC(NCCc1ccc(S(N)(=O)=O)cc1)C(F)F. The summed E-state index contributed by atoms with van der Waals surface area (Å²) in [4.78, 5) is 0.0418. The molecule has 0 aromatic heterocycles. The topological polar surface area (TPSA) is 72.2 Å². The van der Waals surface area contributed by atoms with E-state index < -0.39 is 22.5 Å². The first-order chi connectivity index (χ1) is 8.30. The molecule has 0 amide bonds. The molecule has 18 heavy (non-hydrogen) atoms. The number of rotatable bonds is 6. The van der Waals surface area contributed by atoms with E-state index in [0.29, 0.717) is 13.0 Å². The van der Waals surface area contributed by atoms with Crippen LogP contribution in [0.25, 0.3) is 0 Å². The van der Waals surface area contributed by atoms with Gasteiger partial charge in [0.2, 0.25) is 10.0 Å². The van der Waals surface area contributed by atoms with Crippen LogP contribution in [0.15, 0.2) is 29.2 Å². The number of sulfonamides is 1. The van der Waals surface area contributed by atoms with Crippen molar-refractivity contribution >= 4 is 10.0 Å². The normalized spacial score (nSPS) is 13.8. The molecule has 0 aliphatic rings.